The lowest BCUT2D eigenvalue weighted by molar-refractivity contribution is 0.0658. The minimum absolute atomic E-state index is 0.185. The highest BCUT2D eigenvalue weighted by molar-refractivity contribution is 5.50. The van der Waals surface area contributed by atoms with Gasteiger partial charge in [0.15, 0.2) is 0 Å². The van der Waals surface area contributed by atoms with Crippen LogP contribution in [0, 0.1) is 0 Å². The number of ether oxygens (including phenoxy) is 1. The van der Waals surface area contributed by atoms with Crippen molar-refractivity contribution in [3.63, 3.8) is 0 Å². The van der Waals surface area contributed by atoms with Gasteiger partial charge in [-0.25, -0.2) is 5.84 Å². The van der Waals surface area contributed by atoms with Gasteiger partial charge in [-0.15, -0.1) is 0 Å². The Balaban J connectivity index is 1.73. The highest BCUT2D eigenvalue weighted by Gasteiger charge is 2.14. The number of nitrogen functional groups attached to an aromatic ring is 2. The summed E-state index contributed by atoms with van der Waals surface area (Å²) in [5.74, 6) is 6.59. The highest BCUT2D eigenvalue weighted by Crippen LogP contribution is 2.20. The normalized spacial score (nSPS) is 15.8. The summed E-state index contributed by atoms with van der Waals surface area (Å²) in [6, 6.07) is 1.70. The number of nitrogens with two attached hydrogens (primary N) is 2. The van der Waals surface area contributed by atoms with E-state index in [4.69, 9.17) is 16.3 Å². The average Bonchev–Trinajstić information content (AvgIpc) is 2.87. The van der Waals surface area contributed by atoms with Crippen LogP contribution in [-0.4, -0.2) is 29.2 Å². The third-order valence-electron chi connectivity index (χ3n) is 2.96. The lowest BCUT2D eigenvalue weighted by atomic mass is 10.3. The summed E-state index contributed by atoms with van der Waals surface area (Å²) in [7, 11) is 0. The van der Waals surface area contributed by atoms with E-state index >= 15 is 0 Å². The maximum atomic E-state index is 5.73. The van der Waals surface area contributed by atoms with Crippen molar-refractivity contribution in [1.82, 2.24) is 9.97 Å². The molecule has 0 atom stereocenters. The SMILES string of the molecule is NNc1cc(NCCOC2CCCC2)nc(N)n1. The fraction of sp³-hybridized carbons (Fsp3) is 0.636. The van der Waals surface area contributed by atoms with Crippen LogP contribution in [-0.2, 0) is 4.74 Å². The summed E-state index contributed by atoms with van der Waals surface area (Å²) in [5.41, 5.74) is 7.99. The van der Waals surface area contributed by atoms with Gasteiger partial charge in [-0.2, -0.15) is 9.97 Å². The van der Waals surface area contributed by atoms with Gasteiger partial charge in [-0.3, -0.25) is 0 Å². The summed E-state index contributed by atoms with van der Waals surface area (Å²) >= 11 is 0. The lowest BCUT2D eigenvalue weighted by Gasteiger charge is -2.12. The predicted molar refractivity (Wildman–Crippen MR) is 71.0 cm³/mol. The number of hydrogen-bond donors (Lipinski definition) is 4. The van der Waals surface area contributed by atoms with Crippen LogP contribution in [0.25, 0.3) is 0 Å². The molecular formula is C11H20N6O. The maximum absolute atomic E-state index is 5.73. The molecule has 0 aliphatic heterocycles. The lowest BCUT2D eigenvalue weighted by Crippen LogP contribution is -2.17. The monoisotopic (exact) mass is 252 g/mol. The van der Waals surface area contributed by atoms with E-state index in [9.17, 15) is 0 Å². The van der Waals surface area contributed by atoms with Crippen molar-refractivity contribution in [2.45, 2.75) is 31.8 Å². The molecule has 0 radical (unpaired) electrons. The highest BCUT2D eigenvalue weighted by atomic mass is 16.5. The van der Waals surface area contributed by atoms with Gasteiger partial charge in [0.05, 0.1) is 12.7 Å². The molecule has 100 valence electrons. The molecule has 0 saturated heterocycles. The molecule has 1 aromatic rings. The van der Waals surface area contributed by atoms with Crippen molar-refractivity contribution in [1.29, 1.82) is 0 Å². The van der Waals surface area contributed by atoms with Crippen LogP contribution in [0.3, 0.4) is 0 Å². The molecule has 1 saturated carbocycles. The van der Waals surface area contributed by atoms with Crippen LogP contribution < -0.4 is 22.3 Å². The van der Waals surface area contributed by atoms with Gasteiger partial charge in [0.25, 0.3) is 0 Å². The Morgan fingerprint density at radius 1 is 1.28 bits per heavy atom. The Morgan fingerprint density at radius 2 is 2.00 bits per heavy atom. The minimum Gasteiger partial charge on any atom is -0.376 e. The van der Waals surface area contributed by atoms with Gasteiger partial charge >= 0.3 is 0 Å². The molecule has 7 heteroatoms. The summed E-state index contributed by atoms with van der Waals surface area (Å²) in [5, 5.41) is 3.13. The molecule has 0 aromatic carbocycles. The number of nitrogens with one attached hydrogen (secondary N) is 2. The standard InChI is InChI=1S/C11H20N6O/c12-11-15-9(7-10(16-11)17-13)14-5-6-18-8-3-1-2-4-8/h7-8H,1-6,13H2,(H4,12,14,15,16,17). The van der Waals surface area contributed by atoms with Crippen molar-refractivity contribution >= 4 is 17.6 Å². The van der Waals surface area contributed by atoms with E-state index in [0.717, 1.165) is 0 Å². The zero-order valence-corrected chi connectivity index (χ0v) is 10.4. The molecule has 0 bridgehead atoms. The summed E-state index contributed by atoms with van der Waals surface area (Å²) in [6.45, 7) is 1.36. The smallest absolute Gasteiger partial charge is 0.223 e. The van der Waals surface area contributed by atoms with Crippen molar-refractivity contribution in [2.24, 2.45) is 5.84 Å². The molecule has 1 aromatic heterocycles. The largest absolute Gasteiger partial charge is 0.376 e. The van der Waals surface area contributed by atoms with Gasteiger partial charge in [-0.1, -0.05) is 12.8 Å². The predicted octanol–water partition coefficient (Wildman–Crippen LogP) is 0.715. The second-order valence-corrected chi connectivity index (χ2v) is 4.34. The first-order chi connectivity index (χ1) is 8.78. The minimum atomic E-state index is 0.185. The van der Waals surface area contributed by atoms with Crippen LogP contribution in [0.15, 0.2) is 6.07 Å². The fourth-order valence-corrected chi connectivity index (χ4v) is 2.09. The van der Waals surface area contributed by atoms with Gasteiger partial charge in [0, 0.05) is 12.6 Å². The maximum Gasteiger partial charge on any atom is 0.223 e. The van der Waals surface area contributed by atoms with Crippen LogP contribution in [0.1, 0.15) is 25.7 Å². The van der Waals surface area contributed by atoms with E-state index in [1.165, 1.54) is 25.7 Å². The Labute approximate surface area is 106 Å². The van der Waals surface area contributed by atoms with Gasteiger partial charge in [0.1, 0.15) is 11.6 Å². The average molecular weight is 252 g/mol. The molecular weight excluding hydrogens is 232 g/mol. The molecule has 2 rings (SSSR count). The number of anilines is 3. The van der Waals surface area contributed by atoms with Crippen molar-refractivity contribution in [3.8, 4) is 0 Å². The number of hydrogen-bond acceptors (Lipinski definition) is 7. The van der Waals surface area contributed by atoms with Crippen LogP contribution >= 0.6 is 0 Å². The van der Waals surface area contributed by atoms with E-state index in [-0.39, 0.29) is 5.95 Å². The third-order valence-corrected chi connectivity index (χ3v) is 2.96. The first-order valence-corrected chi connectivity index (χ1v) is 6.24. The summed E-state index contributed by atoms with van der Waals surface area (Å²) < 4.78 is 5.73. The van der Waals surface area contributed by atoms with Crippen LogP contribution in [0.4, 0.5) is 17.6 Å². The first-order valence-electron chi connectivity index (χ1n) is 6.24. The molecule has 0 spiro atoms. The topological polar surface area (TPSA) is 111 Å². The molecule has 6 N–H and O–H groups in total. The van der Waals surface area contributed by atoms with Crippen LogP contribution in [0.5, 0.6) is 0 Å². The Morgan fingerprint density at radius 3 is 2.72 bits per heavy atom. The van der Waals surface area contributed by atoms with E-state index in [1.54, 1.807) is 6.07 Å². The number of aromatic nitrogens is 2. The summed E-state index contributed by atoms with van der Waals surface area (Å²) in [4.78, 5) is 7.96. The molecule has 1 aliphatic carbocycles. The third kappa shape index (κ3) is 3.71. The number of nitrogens with zero attached hydrogens (tertiary/aromatic N) is 2. The molecule has 7 nitrogen and oxygen atoms in total. The number of hydrazine groups is 1. The van der Waals surface area contributed by atoms with E-state index in [2.05, 4.69) is 20.7 Å². The van der Waals surface area contributed by atoms with Crippen molar-refractivity contribution in [2.75, 3.05) is 29.6 Å². The fourth-order valence-electron chi connectivity index (χ4n) is 2.09. The molecule has 18 heavy (non-hydrogen) atoms. The van der Waals surface area contributed by atoms with E-state index in [1.807, 2.05) is 0 Å². The molecule has 1 fully saturated rings. The zero-order chi connectivity index (χ0) is 12.8. The van der Waals surface area contributed by atoms with Crippen molar-refractivity contribution < 1.29 is 4.74 Å². The zero-order valence-electron chi connectivity index (χ0n) is 10.4. The van der Waals surface area contributed by atoms with Crippen molar-refractivity contribution in [3.05, 3.63) is 6.07 Å². The van der Waals surface area contributed by atoms with E-state index < -0.39 is 0 Å². The second-order valence-electron chi connectivity index (χ2n) is 4.34. The Hall–Kier alpha value is -1.60. The second kappa shape index (κ2) is 6.36. The van der Waals surface area contributed by atoms with E-state index in [0.29, 0.717) is 30.9 Å². The summed E-state index contributed by atoms with van der Waals surface area (Å²) in [6.07, 6.45) is 5.37. The molecule has 1 heterocycles. The molecule has 1 aliphatic rings. The van der Waals surface area contributed by atoms with Gasteiger partial charge in [0.2, 0.25) is 5.95 Å². The molecule has 0 amide bonds. The first kappa shape index (κ1) is 12.8. The number of rotatable bonds is 6. The molecule has 0 unspecified atom stereocenters. The quantitative estimate of drug-likeness (QED) is 0.335. The Bertz CT molecular complexity index is 380. The van der Waals surface area contributed by atoms with Gasteiger partial charge < -0.3 is 21.2 Å². The van der Waals surface area contributed by atoms with Crippen LogP contribution in [0.2, 0.25) is 0 Å². The van der Waals surface area contributed by atoms with Gasteiger partial charge in [-0.05, 0) is 12.8 Å². The Kier molecular flexibility index (Phi) is 4.54.